The zero-order valence-electron chi connectivity index (χ0n) is 48.3. The van der Waals surface area contributed by atoms with Crippen LogP contribution in [-0.2, 0) is 14.3 Å². The van der Waals surface area contributed by atoms with Crippen molar-refractivity contribution in [2.75, 3.05) is 6.54 Å². The number of unbranched alkanes of at least 4 members (excludes halogenated alkanes) is 1. The third-order valence-electron chi connectivity index (χ3n) is 13.6. The van der Waals surface area contributed by atoms with Crippen LogP contribution >= 0.6 is 0 Å². The Morgan fingerprint density at radius 1 is 0.561 bits per heavy atom. The van der Waals surface area contributed by atoms with Crippen molar-refractivity contribution in [3.8, 4) is 0 Å². The average Bonchev–Trinajstić information content (AvgIpc) is 4.19. The molecule has 1 fully saturated rings. The molecular formula is C63H99N3O16. The number of aliphatic imine (C=N–C) groups is 1. The minimum absolute atomic E-state index is 0.00555. The standard InChI is InChI=1S/C63H99N3O16/c1-43(26-19-15-11-10-12-16-20-27-44(2)62(80)81)60(79)46(4)56(76)34-22-18-14-9-7-5-6-8-13-17-21-33-55(75)45(3)57(77)41-53(73)38-49(69)29-23-28-47(67)36-52(72)37-48(68)30-24-31-51(71)40-58(78)61-59(82-61)42-54(74)39-50(70)32-25-35-66-63(64)65/h5-10,12-14,16-24,26-27,29-30,34,43,45-56,58-61,67-76,78-79H,11,15,25,28,31-33,35-42H2,1-4H3,(H,80,81)(H4,64,65,66). The lowest BCUT2D eigenvalue weighted by Crippen LogP contribution is -2.32. The summed E-state index contributed by atoms with van der Waals surface area (Å²) in [4.78, 5) is 27.4. The van der Waals surface area contributed by atoms with Gasteiger partial charge in [0.2, 0.25) is 0 Å². The third-order valence-corrected chi connectivity index (χ3v) is 13.6. The zero-order chi connectivity index (χ0) is 61.4. The molecule has 1 rings (SSSR count). The van der Waals surface area contributed by atoms with Crippen LogP contribution in [0.3, 0.4) is 0 Å². The van der Waals surface area contributed by atoms with Crippen LogP contribution in [0.15, 0.2) is 150 Å². The fourth-order valence-electron chi connectivity index (χ4n) is 8.42. The molecule has 19 nitrogen and oxygen atoms in total. The summed E-state index contributed by atoms with van der Waals surface area (Å²) in [5.41, 5.74) is 10.8. The fourth-order valence-corrected chi connectivity index (χ4v) is 8.42. The van der Waals surface area contributed by atoms with Crippen molar-refractivity contribution in [2.45, 2.75) is 203 Å². The number of Topliss-reactive ketones (excluding diaryl/α,β-unsaturated/α-hetero) is 1. The monoisotopic (exact) mass is 1150 g/mol. The summed E-state index contributed by atoms with van der Waals surface area (Å²) >= 11 is 0. The van der Waals surface area contributed by atoms with E-state index in [1.54, 1.807) is 74.6 Å². The minimum atomic E-state index is -1.17. The number of rotatable bonds is 45. The number of epoxide rings is 1. The highest BCUT2D eigenvalue weighted by atomic mass is 16.6. The molecule has 82 heavy (non-hydrogen) atoms. The Labute approximate surface area is 485 Å². The van der Waals surface area contributed by atoms with Crippen LogP contribution in [0.2, 0.25) is 0 Å². The molecule has 0 aromatic carbocycles. The molecule has 0 radical (unpaired) electrons. The predicted molar refractivity (Wildman–Crippen MR) is 320 cm³/mol. The molecule has 0 spiro atoms. The van der Waals surface area contributed by atoms with Crippen LogP contribution in [0.5, 0.6) is 0 Å². The molecule has 17 atom stereocenters. The number of carboxylic acids is 1. The number of aliphatic hydroxyl groups excluding tert-OH is 12. The van der Waals surface area contributed by atoms with Crippen molar-refractivity contribution in [3.05, 3.63) is 145 Å². The number of carbonyl (C=O) groups is 2. The highest BCUT2D eigenvalue weighted by molar-refractivity contribution is 5.86. The Kier molecular flexibility index (Phi) is 40.4. The van der Waals surface area contributed by atoms with Crippen LogP contribution < -0.4 is 11.5 Å². The van der Waals surface area contributed by atoms with E-state index in [4.69, 9.17) is 21.3 Å². The van der Waals surface area contributed by atoms with Crippen molar-refractivity contribution < 1.29 is 80.7 Å². The van der Waals surface area contributed by atoms with Gasteiger partial charge in [-0.25, -0.2) is 4.79 Å². The molecule has 0 aliphatic carbocycles. The van der Waals surface area contributed by atoms with E-state index in [2.05, 4.69) is 4.99 Å². The first kappa shape index (κ1) is 74.8. The van der Waals surface area contributed by atoms with Gasteiger partial charge in [0.25, 0.3) is 0 Å². The van der Waals surface area contributed by atoms with E-state index in [0.29, 0.717) is 19.4 Å². The Morgan fingerprint density at radius 2 is 1.10 bits per heavy atom. The number of aliphatic hydroxyl groups is 12. The number of ketones is 1. The Hall–Kier alpha value is -5.23. The molecule has 19 heteroatoms. The highest BCUT2D eigenvalue weighted by Crippen LogP contribution is 2.32. The Morgan fingerprint density at radius 3 is 1.71 bits per heavy atom. The predicted octanol–water partition coefficient (Wildman–Crippen LogP) is 4.45. The number of carboxylic acid groups (broad SMARTS) is 1. The van der Waals surface area contributed by atoms with Gasteiger partial charge >= 0.3 is 5.97 Å². The van der Waals surface area contributed by atoms with Gasteiger partial charge < -0.3 is 82.6 Å². The lowest BCUT2D eigenvalue weighted by Gasteiger charge is -2.25. The molecular weight excluding hydrogens is 1050 g/mol. The van der Waals surface area contributed by atoms with Gasteiger partial charge in [0.1, 0.15) is 11.9 Å². The number of guanidine groups is 1. The Balaban J connectivity index is 2.30. The van der Waals surface area contributed by atoms with Gasteiger partial charge in [0, 0.05) is 62.0 Å². The normalized spacial score (nSPS) is 21.4. The lowest BCUT2D eigenvalue weighted by atomic mass is 9.88. The molecule has 1 aliphatic rings. The van der Waals surface area contributed by atoms with Crippen molar-refractivity contribution >= 4 is 17.7 Å². The third kappa shape index (κ3) is 37.8. The van der Waals surface area contributed by atoms with Crippen LogP contribution in [0.25, 0.3) is 0 Å². The summed E-state index contributed by atoms with van der Waals surface area (Å²) in [5, 5.41) is 134. The van der Waals surface area contributed by atoms with Gasteiger partial charge in [-0.2, -0.15) is 0 Å². The number of aliphatic carboxylic acids is 1. The van der Waals surface area contributed by atoms with Crippen LogP contribution in [0.1, 0.15) is 118 Å². The van der Waals surface area contributed by atoms with Gasteiger partial charge in [-0.15, -0.1) is 0 Å². The molecule has 1 aliphatic heterocycles. The minimum Gasteiger partial charge on any atom is -0.478 e. The molecule has 462 valence electrons. The van der Waals surface area contributed by atoms with Crippen molar-refractivity contribution in [2.24, 2.45) is 34.2 Å². The summed E-state index contributed by atoms with van der Waals surface area (Å²) in [6.45, 7) is 7.18. The van der Waals surface area contributed by atoms with Gasteiger partial charge in [-0.05, 0) is 64.7 Å². The van der Waals surface area contributed by atoms with Gasteiger partial charge in [0.05, 0.1) is 79.4 Å². The van der Waals surface area contributed by atoms with E-state index < -0.39 is 97.3 Å². The molecule has 1 heterocycles. The topological polar surface area (TPSA) is 374 Å². The number of allylic oxidation sites excluding steroid dienone is 16. The highest BCUT2D eigenvalue weighted by Gasteiger charge is 2.45. The van der Waals surface area contributed by atoms with Crippen molar-refractivity contribution in [3.63, 3.8) is 0 Å². The number of hydrogen-bond donors (Lipinski definition) is 15. The van der Waals surface area contributed by atoms with E-state index in [-0.39, 0.29) is 93.4 Å². The van der Waals surface area contributed by atoms with Crippen LogP contribution in [0.4, 0.5) is 0 Å². The van der Waals surface area contributed by atoms with E-state index in [9.17, 15) is 70.9 Å². The van der Waals surface area contributed by atoms with E-state index in [1.165, 1.54) is 37.3 Å². The molecule has 17 unspecified atom stereocenters. The lowest BCUT2D eigenvalue weighted by molar-refractivity contribution is -0.132. The molecule has 0 bridgehead atoms. The quantitative estimate of drug-likeness (QED) is 0.00762. The van der Waals surface area contributed by atoms with E-state index in [1.807, 2.05) is 55.5 Å². The maximum atomic E-state index is 12.8. The molecule has 0 aromatic rings. The van der Waals surface area contributed by atoms with Crippen LogP contribution in [0, 0.1) is 17.8 Å². The molecule has 17 N–H and O–H groups in total. The number of nitrogens with zero attached hydrogens (tertiary/aromatic N) is 1. The van der Waals surface area contributed by atoms with E-state index >= 15 is 0 Å². The number of hydrogen-bond acceptors (Lipinski definition) is 16. The van der Waals surface area contributed by atoms with Crippen molar-refractivity contribution in [1.29, 1.82) is 0 Å². The molecule has 0 amide bonds. The first-order valence-corrected chi connectivity index (χ1v) is 28.5. The molecule has 1 saturated heterocycles. The maximum Gasteiger partial charge on any atom is 0.331 e. The summed E-state index contributed by atoms with van der Waals surface area (Å²) in [6, 6.07) is 0. The molecule has 0 aromatic heterocycles. The SMILES string of the molecule is CC(=CC=CC=CCCC=CC(C)C(O)C(C)C(O)C=CC=CC=CC=CC=CC=CCC(O)C(C)C(=O)CC(O)CC(O)C=CCC(O)CC(O)CC(O)C=CCC(O)CC(O)C1OC1CC(O)CC(O)CCCN=C(N)N)C(=O)O. The van der Waals surface area contributed by atoms with E-state index in [0.717, 1.165) is 12.8 Å². The second-order valence-corrected chi connectivity index (χ2v) is 21.2. The zero-order valence-corrected chi connectivity index (χ0v) is 48.3. The largest absolute Gasteiger partial charge is 0.478 e. The first-order chi connectivity index (χ1) is 38.9. The number of carbonyl (C=O) groups excluding carboxylic acids is 1. The van der Waals surface area contributed by atoms with Gasteiger partial charge in [-0.1, -0.05) is 161 Å². The van der Waals surface area contributed by atoms with Gasteiger partial charge in [-0.3, -0.25) is 9.79 Å². The average molecular weight is 1150 g/mol. The number of nitrogens with two attached hydrogens (primary N) is 2. The first-order valence-electron chi connectivity index (χ1n) is 28.5. The smallest absolute Gasteiger partial charge is 0.331 e. The van der Waals surface area contributed by atoms with Gasteiger partial charge in [0.15, 0.2) is 5.96 Å². The van der Waals surface area contributed by atoms with Crippen molar-refractivity contribution in [1.82, 2.24) is 0 Å². The maximum absolute atomic E-state index is 12.8. The molecule has 0 saturated carbocycles. The van der Waals surface area contributed by atoms with Crippen LogP contribution in [-0.4, -0.2) is 176 Å². The second-order valence-electron chi connectivity index (χ2n) is 21.2. The summed E-state index contributed by atoms with van der Waals surface area (Å²) in [5.74, 6) is -2.65. The fraction of sp³-hybridized carbons (Fsp3) is 0.571. The summed E-state index contributed by atoms with van der Waals surface area (Å²) in [6.07, 6.45) is 30.0. The Bertz CT molecular complexity index is 2180. The number of ether oxygens (including phenoxy) is 1. The summed E-state index contributed by atoms with van der Waals surface area (Å²) < 4.78 is 5.49. The summed E-state index contributed by atoms with van der Waals surface area (Å²) in [7, 11) is 0. The second kappa shape index (κ2) is 44.3.